The molecule has 0 aromatic carbocycles. The van der Waals surface area contributed by atoms with Gasteiger partial charge in [-0.05, 0) is 7.05 Å². The highest BCUT2D eigenvalue weighted by Crippen LogP contribution is 2.07. The topological polar surface area (TPSA) is 87.4 Å². The zero-order valence-electron chi connectivity index (χ0n) is 9.76. The number of carbonyl (C=O) groups excluding carboxylic acids is 1. The van der Waals surface area contributed by atoms with E-state index in [-0.39, 0.29) is 5.91 Å². The lowest BCUT2D eigenvalue weighted by Gasteiger charge is -2.32. The summed E-state index contributed by atoms with van der Waals surface area (Å²) in [6.45, 7) is 3.20. The van der Waals surface area contributed by atoms with Crippen LogP contribution in [-0.4, -0.2) is 58.9 Å². The first-order valence-corrected chi connectivity index (χ1v) is 5.47. The van der Waals surface area contributed by atoms with Gasteiger partial charge in [0.15, 0.2) is 5.82 Å². The number of likely N-dealkylation sites (N-methyl/N-ethyl adjacent to an activating group) is 1. The molecule has 17 heavy (non-hydrogen) atoms. The molecule has 1 aromatic rings. The Kier molecular flexibility index (Phi) is 3.50. The third kappa shape index (κ3) is 2.69. The second-order valence-corrected chi connectivity index (χ2v) is 4.03. The number of aromatic nitrogens is 2. The van der Waals surface area contributed by atoms with Crippen LogP contribution in [0.3, 0.4) is 0 Å². The van der Waals surface area contributed by atoms with E-state index in [0.29, 0.717) is 11.5 Å². The minimum atomic E-state index is -0.0947. The molecule has 1 aromatic heterocycles. The number of nitrogens with one attached hydrogen (secondary N) is 1. The highest BCUT2D eigenvalue weighted by atomic mass is 16.2. The predicted molar refractivity (Wildman–Crippen MR) is 63.2 cm³/mol. The van der Waals surface area contributed by atoms with E-state index < -0.39 is 0 Å². The van der Waals surface area contributed by atoms with E-state index in [0.717, 1.165) is 26.2 Å². The van der Waals surface area contributed by atoms with E-state index in [4.69, 9.17) is 5.84 Å². The summed E-state index contributed by atoms with van der Waals surface area (Å²) in [7, 11) is 2.04. The largest absolute Gasteiger partial charge is 0.335 e. The highest BCUT2D eigenvalue weighted by molar-refractivity contribution is 5.92. The molecule has 2 heterocycles. The number of anilines is 1. The summed E-state index contributed by atoms with van der Waals surface area (Å²) >= 11 is 0. The molecule has 0 unspecified atom stereocenters. The van der Waals surface area contributed by atoms with Crippen LogP contribution in [0.2, 0.25) is 0 Å². The van der Waals surface area contributed by atoms with E-state index in [1.165, 1.54) is 12.4 Å². The van der Waals surface area contributed by atoms with Gasteiger partial charge < -0.3 is 15.2 Å². The van der Waals surface area contributed by atoms with Crippen LogP contribution < -0.4 is 11.3 Å². The van der Waals surface area contributed by atoms with Crippen LogP contribution in [0.1, 0.15) is 10.5 Å². The molecule has 0 saturated carbocycles. The monoisotopic (exact) mass is 236 g/mol. The Morgan fingerprint density at radius 1 is 1.35 bits per heavy atom. The van der Waals surface area contributed by atoms with Crippen LogP contribution in [0, 0.1) is 0 Å². The van der Waals surface area contributed by atoms with E-state index in [9.17, 15) is 4.79 Å². The first-order valence-electron chi connectivity index (χ1n) is 5.47. The molecule has 0 spiro atoms. The third-order valence-corrected chi connectivity index (χ3v) is 2.79. The fourth-order valence-electron chi connectivity index (χ4n) is 1.71. The average molecular weight is 236 g/mol. The lowest BCUT2D eigenvalue weighted by Crippen LogP contribution is -2.47. The zero-order chi connectivity index (χ0) is 12.3. The van der Waals surface area contributed by atoms with Crippen molar-refractivity contribution >= 4 is 11.7 Å². The smallest absolute Gasteiger partial charge is 0.274 e. The number of hydrogen-bond donors (Lipinski definition) is 2. The van der Waals surface area contributed by atoms with Crippen molar-refractivity contribution < 1.29 is 4.79 Å². The molecule has 92 valence electrons. The van der Waals surface area contributed by atoms with Crippen molar-refractivity contribution in [3.63, 3.8) is 0 Å². The summed E-state index contributed by atoms with van der Waals surface area (Å²) in [5.41, 5.74) is 2.70. The molecule has 1 saturated heterocycles. The van der Waals surface area contributed by atoms with Crippen molar-refractivity contribution in [2.45, 2.75) is 0 Å². The number of piperazine rings is 1. The van der Waals surface area contributed by atoms with Gasteiger partial charge in [0.05, 0.1) is 12.4 Å². The molecule has 7 nitrogen and oxygen atoms in total. The van der Waals surface area contributed by atoms with E-state index in [2.05, 4.69) is 20.3 Å². The van der Waals surface area contributed by atoms with E-state index >= 15 is 0 Å². The Morgan fingerprint density at radius 2 is 2.06 bits per heavy atom. The summed E-state index contributed by atoms with van der Waals surface area (Å²) in [4.78, 5) is 24.1. The van der Waals surface area contributed by atoms with E-state index in [1.807, 2.05) is 7.05 Å². The van der Waals surface area contributed by atoms with Crippen LogP contribution >= 0.6 is 0 Å². The van der Waals surface area contributed by atoms with Crippen molar-refractivity contribution in [2.24, 2.45) is 5.84 Å². The molecule has 1 aliphatic rings. The maximum Gasteiger partial charge on any atom is 0.274 e. The quantitative estimate of drug-likeness (QED) is 0.514. The van der Waals surface area contributed by atoms with Gasteiger partial charge in [-0.15, -0.1) is 0 Å². The Hall–Kier alpha value is -1.73. The Morgan fingerprint density at radius 3 is 2.71 bits per heavy atom. The summed E-state index contributed by atoms with van der Waals surface area (Å²) in [6.07, 6.45) is 2.93. The summed E-state index contributed by atoms with van der Waals surface area (Å²) in [6, 6.07) is 0. The fourth-order valence-corrected chi connectivity index (χ4v) is 1.71. The molecule has 0 aliphatic carbocycles. The highest BCUT2D eigenvalue weighted by Gasteiger charge is 2.21. The summed E-state index contributed by atoms with van der Waals surface area (Å²) in [5.74, 6) is 5.53. The molecule has 7 heteroatoms. The minimum Gasteiger partial charge on any atom is -0.335 e. The maximum atomic E-state index is 12.1. The van der Waals surface area contributed by atoms with Gasteiger partial charge in [-0.2, -0.15) is 0 Å². The number of amides is 1. The van der Waals surface area contributed by atoms with E-state index in [1.54, 1.807) is 4.90 Å². The third-order valence-electron chi connectivity index (χ3n) is 2.79. The van der Waals surface area contributed by atoms with Gasteiger partial charge in [-0.3, -0.25) is 9.78 Å². The van der Waals surface area contributed by atoms with Crippen molar-refractivity contribution in [3.8, 4) is 0 Å². The Bertz CT molecular complexity index is 402. The van der Waals surface area contributed by atoms with Crippen molar-refractivity contribution in [1.29, 1.82) is 0 Å². The molecule has 3 N–H and O–H groups in total. The van der Waals surface area contributed by atoms with Crippen molar-refractivity contribution in [3.05, 3.63) is 18.1 Å². The van der Waals surface area contributed by atoms with Gasteiger partial charge >= 0.3 is 0 Å². The fraction of sp³-hybridized carbons (Fsp3) is 0.500. The van der Waals surface area contributed by atoms with Crippen LogP contribution in [-0.2, 0) is 0 Å². The Labute approximate surface area is 99.6 Å². The summed E-state index contributed by atoms with van der Waals surface area (Å²) < 4.78 is 0. The molecule has 0 bridgehead atoms. The molecule has 1 amide bonds. The molecular weight excluding hydrogens is 220 g/mol. The second-order valence-electron chi connectivity index (χ2n) is 4.03. The lowest BCUT2D eigenvalue weighted by molar-refractivity contribution is 0.0658. The molecular formula is C10H16N6O. The second kappa shape index (κ2) is 5.07. The maximum absolute atomic E-state index is 12.1. The lowest BCUT2D eigenvalue weighted by atomic mass is 10.3. The Balaban J connectivity index is 2.08. The van der Waals surface area contributed by atoms with Crippen molar-refractivity contribution in [1.82, 2.24) is 19.8 Å². The number of nitrogens with two attached hydrogens (primary N) is 1. The first kappa shape index (κ1) is 11.7. The first-order chi connectivity index (χ1) is 8.20. The van der Waals surface area contributed by atoms with Crippen LogP contribution in [0.5, 0.6) is 0 Å². The zero-order valence-corrected chi connectivity index (χ0v) is 9.76. The number of carbonyl (C=O) groups is 1. The minimum absolute atomic E-state index is 0.0947. The number of nitrogens with zero attached hydrogens (tertiary/aromatic N) is 4. The SMILES string of the molecule is CN1CCN(C(=O)c2cncc(NN)n2)CC1. The molecule has 0 radical (unpaired) electrons. The molecule has 2 rings (SSSR count). The van der Waals surface area contributed by atoms with Gasteiger partial charge in [0.25, 0.3) is 5.91 Å². The number of rotatable bonds is 2. The van der Waals surface area contributed by atoms with Gasteiger partial charge in [0, 0.05) is 26.2 Å². The normalized spacial score (nSPS) is 16.9. The average Bonchev–Trinajstić information content (AvgIpc) is 2.39. The van der Waals surface area contributed by atoms with Crippen LogP contribution in [0.4, 0.5) is 5.82 Å². The van der Waals surface area contributed by atoms with Gasteiger partial charge in [-0.1, -0.05) is 0 Å². The standard InChI is InChI=1S/C10H16N6O/c1-15-2-4-16(5-3-15)10(17)8-6-12-7-9(13-8)14-11/h6-7H,2-5,11H2,1H3,(H,13,14). The van der Waals surface area contributed by atoms with Gasteiger partial charge in [0.2, 0.25) is 0 Å². The van der Waals surface area contributed by atoms with Crippen LogP contribution in [0.15, 0.2) is 12.4 Å². The number of hydrogen-bond acceptors (Lipinski definition) is 6. The number of nitrogen functional groups attached to an aromatic ring is 1. The van der Waals surface area contributed by atoms with Gasteiger partial charge in [-0.25, -0.2) is 10.8 Å². The molecule has 1 fully saturated rings. The number of hydrazine groups is 1. The predicted octanol–water partition coefficient (Wildman–Crippen LogP) is -0.850. The molecule has 0 atom stereocenters. The molecule has 1 aliphatic heterocycles. The van der Waals surface area contributed by atoms with Gasteiger partial charge in [0.1, 0.15) is 5.69 Å². The van der Waals surface area contributed by atoms with Crippen LogP contribution in [0.25, 0.3) is 0 Å². The summed E-state index contributed by atoms with van der Waals surface area (Å²) in [5, 5.41) is 0. The van der Waals surface area contributed by atoms with Crippen molar-refractivity contribution in [2.75, 3.05) is 38.7 Å².